The van der Waals surface area contributed by atoms with Crippen LogP contribution < -0.4 is 0 Å². The van der Waals surface area contributed by atoms with Crippen LogP contribution >= 0.6 is 0 Å². The van der Waals surface area contributed by atoms with Crippen LogP contribution in [0.5, 0.6) is 0 Å². The maximum atomic E-state index is 11.2. The van der Waals surface area contributed by atoms with Crippen molar-refractivity contribution in [3.63, 3.8) is 0 Å². The van der Waals surface area contributed by atoms with Crippen molar-refractivity contribution in [3.05, 3.63) is 66.3 Å². The van der Waals surface area contributed by atoms with Gasteiger partial charge in [-0.05, 0) is 49.0 Å². The third-order valence-electron chi connectivity index (χ3n) is 3.93. The molecule has 0 aliphatic carbocycles. The molecule has 1 heteroatoms. The highest BCUT2D eigenvalue weighted by molar-refractivity contribution is 5.85. The second-order valence-corrected chi connectivity index (χ2v) is 7.84. The summed E-state index contributed by atoms with van der Waals surface area (Å²) in [5.74, 6) is 0.898. The normalized spacial score (nSPS) is 10.9. The fourth-order valence-electron chi connectivity index (χ4n) is 2.52. The van der Waals surface area contributed by atoms with E-state index in [1.54, 1.807) is 6.08 Å². The molecule has 1 nitrogen and oxygen atoms in total. The quantitative estimate of drug-likeness (QED) is 0.349. The molecule has 0 heterocycles. The Kier molecular flexibility index (Phi) is 15.4. The Bertz CT molecular complexity index is 588. The van der Waals surface area contributed by atoms with Crippen LogP contribution in [0.15, 0.2) is 55.1 Å². The molecule has 152 valence electrons. The molecule has 0 N–H and O–H groups in total. The molecule has 0 radical (unpaired) electrons. The molecule has 0 bridgehead atoms. The third kappa shape index (κ3) is 11.4. The van der Waals surface area contributed by atoms with Gasteiger partial charge in [0.25, 0.3) is 0 Å². The lowest BCUT2D eigenvalue weighted by molar-refractivity contribution is -0.113. The lowest BCUT2D eigenvalue weighted by Crippen LogP contribution is -2.17. The molecular weight excluding hydrogens is 328 g/mol. The van der Waals surface area contributed by atoms with Crippen molar-refractivity contribution < 1.29 is 4.79 Å². The molecule has 0 saturated carbocycles. The first-order valence-corrected chi connectivity index (χ1v) is 10.2. The van der Waals surface area contributed by atoms with E-state index in [2.05, 4.69) is 47.8 Å². The van der Waals surface area contributed by atoms with E-state index in [1.165, 1.54) is 19.3 Å². The van der Waals surface area contributed by atoms with E-state index in [0.29, 0.717) is 0 Å². The Morgan fingerprint density at radius 3 is 2.00 bits per heavy atom. The average Bonchev–Trinajstić information content (AvgIpc) is 2.60. The molecule has 0 unspecified atom stereocenters. The summed E-state index contributed by atoms with van der Waals surface area (Å²) >= 11 is 0. The first-order valence-electron chi connectivity index (χ1n) is 10.2. The minimum Gasteiger partial charge on any atom is -0.302 e. The molecule has 1 rings (SSSR count). The van der Waals surface area contributed by atoms with Gasteiger partial charge in [0.15, 0.2) is 0 Å². The number of aryl methyl sites for hydroxylation is 1. The number of aldehydes is 1. The van der Waals surface area contributed by atoms with Crippen LogP contribution in [0.3, 0.4) is 0 Å². The summed E-state index contributed by atoms with van der Waals surface area (Å²) in [6, 6.07) is 8.04. The second-order valence-electron chi connectivity index (χ2n) is 7.84. The maximum Gasteiger partial charge on any atom is 0.129 e. The van der Waals surface area contributed by atoms with Gasteiger partial charge < -0.3 is 4.79 Å². The van der Waals surface area contributed by atoms with E-state index >= 15 is 0 Å². The number of carbonyl (C=O) groups excluding carboxylic acids is 1. The third-order valence-corrected chi connectivity index (χ3v) is 3.93. The van der Waals surface area contributed by atoms with Crippen LogP contribution in [-0.2, 0) is 4.79 Å². The molecule has 27 heavy (non-hydrogen) atoms. The lowest BCUT2D eigenvalue weighted by Gasteiger charge is -2.24. The maximum absolute atomic E-state index is 11.2. The number of rotatable bonds is 7. The molecule has 0 atom stereocenters. The van der Waals surface area contributed by atoms with Crippen molar-refractivity contribution in [2.24, 2.45) is 11.3 Å². The second kappa shape index (κ2) is 15.2. The Morgan fingerprint density at radius 2 is 1.67 bits per heavy atom. The molecule has 0 amide bonds. The molecule has 0 fully saturated rings. The number of hydrogen-bond donors (Lipinski definition) is 0. The highest BCUT2D eigenvalue weighted by Crippen LogP contribution is 2.35. The van der Waals surface area contributed by atoms with Gasteiger partial charge in [0, 0.05) is 5.41 Å². The zero-order valence-electron chi connectivity index (χ0n) is 19.1. The van der Waals surface area contributed by atoms with Gasteiger partial charge >= 0.3 is 0 Å². The molecule has 0 aromatic heterocycles. The highest BCUT2D eigenvalue weighted by atomic mass is 16.1. The lowest BCUT2D eigenvalue weighted by atomic mass is 9.78. The summed E-state index contributed by atoms with van der Waals surface area (Å²) in [4.78, 5) is 11.2. The fourth-order valence-corrected chi connectivity index (χ4v) is 2.52. The molecular formula is C26H42O. The van der Waals surface area contributed by atoms with Crippen LogP contribution in [0.4, 0.5) is 0 Å². The van der Waals surface area contributed by atoms with Gasteiger partial charge in [-0.15, -0.1) is 0 Å². The van der Waals surface area contributed by atoms with Gasteiger partial charge in [0.1, 0.15) is 6.29 Å². The topological polar surface area (TPSA) is 17.1 Å². The van der Waals surface area contributed by atoms with E-state index in [0.717, 1.165) is 34.5 Å². The molecule has 1 aromatic rings. The van der Waals surface area contributed by atoms with E-state index < -0.39 is 5.41 Å². The first kappa shape index (κ1) is 27.3. The SMILES string of the molecule is C=C/C=C(\C(=C)c1ccccc1C)C(C)(C)C=O.CCC.CCCC(C)C. The first-order chi connectivity index (χ1) is 12.6. The van der Waals surface area contributed by atoms with Gasteiger partial charge in [-0.25, -0.2) is 0 Å². The zero-order chi connectivity index (χ0) is 21.5. The van der Waals surface area contributed by atoms with Crippen LogP contribution in [-0.4, -0.2) is 6.29 Å². The summed E-state index contributed by atoms with van der Waals surface area (Å²) in [5.41, 5.74) is 3.44. The van der Waals surface area contributed by atoms with E-state index in [9.17, 15) is 4.79 Å². The fraction of sp³-hybridized carbons (Fsp3) is 0.500. The van der Waals surface area contributed by atoms with Gasteiger partial charge in [0.2, 0.25) is 0 Å². The zero-order valence-corrected chi connectivity index (χ0v) is 19.1. The van der Waals surface area contributed by atoms with Crippen LogP contribution in [0.2, 0.25) is 0 Å². The number of benzene rings is 1. The summed E-state index contributed by atoms with van der Waals surface area (Å²) in [5, 5.41) is 0. The van der Waals surface area contributed by atoms with E-state index in [-0.39, 0.29) is 0 Å². The Balaban J connectivity index is 0. The van der Waals surface area contributed by atoms with Crippen molar-refractivity contribution in [2.45, 2.75) is 74.7 Å². The molecule has 1 aromatic carbocycles. The molecule has 0 saturated heterocycles. The van der Waals surface area contributed by atoms with Gasteiger partial charge in [-0.2, -0.15) is 0 Å². The monoisotopic (exact) mass is 370 g/mol. The number of hydrogen-bond acceptors (Lipinski definition) is 1. The highest BCUT2D eigenvalue weighted by Gasteiger charge is 2.25. The Labute approximate surface area is 169 Å². The standard InChI is InChI=1S/C17H20O.C6H14.C3H8/c1-6-9-16(17(4,5)12-18)14(3)15-11-8-7-10-13(15)2;1-4-5-6(2)3;1-3-2/h6-12H,1,3H2,2,4-5H3;6H,4-5H2,1-3H3;3H2,1-2H3/b16-9+;;. The average molecular weight is 371 g/mol. The van der Waals surface area contributed by atoms with Gasteiger partial charge in [-0.3, -0.25) is 0 Å². The minimum atomic E-state index is -0.562. The minimum absolute atomic E-state index is 0.562. The largest absolute Gasteiger partial charge is 0.302 e. The smallest absolute Gasteiger partial charge is 0.129 e. The Hall–Kier alpha value is -1.89. The summed E-state index contributed by atoms with van der Waals surface area (Å²) in [6.07, 6.45) is 8.47. The van der Waals surface area contributed by atoms with Crippen LogP contribution in [0, 0.1) is 18.3 Å². The predicted octanol–water partition coefficient (Wildman–Crippen LogP) is 8.20. The summed E-state index contributed by atoms with van der Waals surface area (Å²) in [6.45, 7) is 24.7. The summed E-state index contributed by atoms with van der Waals surface area (Å²) < 4.78 is 0. The van der Waals surface area contributed by atoms with Crippen LogP contribution in [0.25, 0.3) is 5.57 Å². The van der Waals surface area contributed by atoms with Crippen molar-refractivity contribution in [1.82, 2.24) is 0 Å². The van der Waals surface area contributed by atoms with Crippen molar-refractivity contribution in [1.29, 1.82) is 0 Å². The van der Waals surface area contributed by atoms with Gasteiger partial charge in [-0.1, -0.05) is 103 Å². The van der Waals surface area contributed by atoms with Crippen molar-refractivity contribution >= 4 is 11.9 Å². The molecule has 0 spiro atoms. The number of carbonyl (C=O) groups is 1. The Morgan fingerprint density at radius 1 is 1.15 bits per heavy atom. The van der Waals surface area contributed by atoms with Crippen molar-refractivity contribution in [3.8, 4) is 0 Å². The summed E-state index contributed by atoms with van der Waals surface area (Å²) in [7, 11) is 0. The number of allylic oxidation sites excluding steroid dienone is 4. The predicted molar refractivity (Wildman–Crippen MR) is 124 cm³/mol. The van der Waals surface area contributed by atoms with Crippen molar-refractivity contribution in [2.75, 3.05) is 0 Å². The molecule has 0 aliphatic rings. The van der Waals surface area contributed by atoms with E-state index in [1.807, 2.05) is 51.1 Å². The van der Waals surface area contributed by atoms with E-state index in [4.69, 9.17) is 0 Å². The molecule has 0 aliphatic heterocycles. The van der Waals surface area contributed by atoms with Crippen LogP contribution in [0.1, 0.15) is 78.9 Å². The van der Waals surface area contributed by atoms with Gasteiger partial charge in [0.05, 0.1) is 0 Å².